The van der Waals surface area contributed by atoms with Crippen molar-refractivity contribution in [3.05, 3.63) is 34.9 Å². The Morgan fingerprint density at radius 3 is 2.79 bits per heavy atom. The summed E-state index contributed by atoms with van der Waals surface area (Å²) in [5.41, 5.74) is 3.51. The lowest BCUT2D eigenvalue weighted by Crippen LogP contribution is -2.24. The number of nitrogens with one attached hydrogen (secondary N) is 3. The topological polar surface area (TPSA) is 91.9 Å². The van der Waals surface area contributed by atoms with E-state index in [1.54, 1.807) is 13.2 Å². The highest BCUT2D eigenvalue weighted by molar-refractivity contribution is 9.10. The van der Waals surface area contributed by atoms with E-state index in [1.807, 2.05) is 24.3 Å². The molecule has 0 aliphatic heterocycles. The lowest BCUT2D eigenvalue weighted by molar-refractivity contribution is -0.122. The third-order valence-corrected chi connectivity index (χ3v) is 5.89. The summed E-state index contributed by atoms with van der Waals surface area (Å²) in [6, 6.07) is 7.95. The summed E-state index contributed by atoms with van der Waals surface area (Å²) in [6.45, 7) is 2.29. The molecule has 29 heavy (non-hydrogen) atoms. The fraction of sp³-hybridized carbons (Fsp3) is 0.381. The monoisotopic (exact) mass is 457 g/mol. The molecule has 0 radical (unpaired) electrons. The SMILES string of the molecule is CNC(=O)COc1ccc(-c2nc3ncc(Br)c(N[C@H]4CCC(C)C4)c3[nH]2)cc1. The van der Waals surface area contributed by atoms with Crippen molar-refractivity contribution >= 4 is 38.7 Å². The largest absolute Gasteiger partial charge is 0.484 e. The van der Waals surface area contributed by atoms with Crippen molar-refractivity contribution in [2.45, 2.75) is 32.2 Å². The number of rotatable bonds is 6. The Bertz CT molecular complexity index is 1020. The molecule has 1 amide bonds. The summed E-state index contributed by atoms with van der Waals surface area (Å²) in [5, 5.41) is 6.20. The second kappa shape index (κ2) is 8.41. The number of halogens is 1. The zero-order valence-corrected chi connectivity index (χ0v) is 18.0. The Morgan fingerprint density at radius 2 is 2.10 bits per heavy atom. The van der Waals surface area contributed by atoms with Crippen LogP contribution in [-0.2, 0) is 4.79 Å². The Balaban J connectivity index is 1.57. The van der Waals surface area contributed by atoms with Gasteiger partial charge in [0.25, 0.3) is 5.91 Å². The van der Waals surface area contributed by atoms with Gasteiger partial charge < -0.3 is 20.4 Å². The van der Waals surface area contributed by atoms with Crippen LogP contribution in [0.15, 0.2) is 34.9 Å². The van der Waals surface area contributed by atoms with Gasteiger partial charge in [-0.15, -0.1) is 0 Å². The molecule has 0 bridgehead atoms. The fourth-order valence-electron chi connectivity index (χ4n) is 3.68. The maximum absolute atomic E-state index is 11.3. The van der Waals surface area contributed by atoms with Gasteiger partial charge in [0.05, 0.1) is 10.2 Å². The third kappa shape index (κ3) is 4.37. The average Bonchev–Trinajstić information content (AvgIpc) is 3.35. The Morgan fingerprint density at radius 1 is 1.31 bits per heavy atom. The molecular formula is C21H24BrN5O2. The molecule has 1 fully saturated rings. The van der Waals surface area contributed by atoms with Crippen LogP contribution in [0.25, 0.3) is 22.6 Å². The van der Waals surface area contributed by atoms with Crippen LogP contribution in [0, 0.1) is 5.92 Å². The predicted octanol–water partition coefficient (Wildman–Crippen LogP) is 4.11. The van der Waals surface area contributed by atoms with Crippen LogP contribution in [0.2, 0.25) is 0 Å². The van der Waals surface area contributed by atoms with Gasteiger partial charge in [0.15, 0.2) is 12.3 Å². The standard InChI is InChI=1S/C21H24BrN5O2/c1-12-3-6-14(9-12)25-18-16(22)10-24-21-19(18)26-20(27-21)13-4-7-15(8-5-13)29-11-17(28)23-2/h4-5,7-8,10,12,14H,3,6,9,11H2,1-2H3,(H,23,28)(H2,24,25,26,27)/t12?,14-/m0/s1. The molecule has 3 N–H and O–H groups in total. The van der Waals surface area contributed by atoms with E-state index in [-0.39, 0.29) is 12.5 Å². The molecule has 1 aliphatic carbocycles. The Kier molecular flexibility index (Phi) is 5.71. The van der Waals surface area contributed by atoms with E-state index < -0.39 is 0 Å². The van der Waals surface area contributed by atoms with Gasteiger partial charge in [0.1, 0.15) is 17.1 Å². The minimum atomic E-state index is -0.167. The summed E-state index contributed by atoms with van der Waals surface area (Å²) in [6.07, 6.45) is 5.40. The number of carbonyl (C=O) groups excluding carboxylic acids is 1. The van der Waals surface area contributed by atoms with E-state index in [9.17, 15) is 4.79 Å². The van der Waals surface area contributed by atoms with Crippen LogP contribution in [0.4, 0.5) is 5.69 Å². The molecule has 1 unspecified atom stereocenters. The Hall–Kier alpha value is -2.61. The van der Waals surface area contributed by atoms with E-state index in [2.05, 4.69) is 48.4 Å². The number of hydrogen-bond acceptors (Lipinski definition) is 5. The molecule has 8 heteroatoms. The van der Waals surface area contributed by atoms with Crippen molar-refractivity contribution in [3.63, 3.8) is 0 Å². The van der Waals surface area contributed by atoms with Crippen LogP contribution in [0.1, 0.15) is 26.2 Å². The van der Waals surface area contributed by atoms with E-state index in [0.29, 0.717) is 17.4 Å². The van der Waals surface area contributed by atoms with E-state index in [0.717, 1.165) is 33.0 Å². The predicted molar refractivity (Wildman–Crippen MR) is 117 cm³/mol. The van der Waals surface area contributed by atoms with Crippen LogP contribution in [0.3, 0.4) is 0 Å². The summed E-state index contributed by atoms with van der Waals surface area (Å²) in [5.74, 6) is 1.96. The van der Waals surface area contributed by atoms with Gasteiger partial charge in [0, 0.05) is 24.8 Å². The van der Waals surface area contributed by atoms with Gasteiger partial charge in [-0.1, -0.05) is 6.92 Å². The number of hydrogen-bond donors (Lipinski definition) is 3. The van der Waals surface area contributed by atoms with Crippen LogP contribution >= 0.6 is 15.9 Å². The highest BCUT2D eigenvalue weighted by atomic mass is 79.9. The number of H-pyrrole nitrogens is 1. The molecule has 4 rings (SSSR count). The molecule has 0 spiro atoms. The molecule has 152 valence electrons. The fourth-order valence-corrected chi connectivity index (χ4v) is 4.10. The molecular weight excluding hydrogens is 434 g/mol. The maximum atomic E-state index is 11.3. The Labute approximate surface area is 177 Å². The van der Waals surface area contributed by atoms with E-state index in [4.69, 9.17) is 4.74 Å². The second-order valence-electron chi connectivity index (χ2n) is 7.51. The maximum Gasteiger partial charge on any atom is 0.257 e. The smallest absolute Gasteiger partial charge is 0.257 e. The molecule has 7 nitrogen and oxygen atoms in total. The number of aromatic amines is 1. The summed E-state index contributed by atoms with van der Waals surface area (Å²) in [7, 11) is 1.58. The zero-order chi connectivity index (χ0) is 20.4. The molecule has 2 aromatic heterocycles. The third-order valence-electron chi connectivity index (χ3n) is 5.29. The van der Waals surface area contributed by atoms with E-state index >= 15 is 0 Å². The van der Waals surface area contributed by atoms with Crippen molar-refractivity contribution in [1.82, 2.24) is 20.3 Å². The van der Waals surface area contributed by atoms with Crippen LogP contribution < -0.4 is 15.4 Å². The minimum Gasteiger partial charge on any atom is -0.484 e. The number of fused-ring (bicyclic) bond motifs is 1. The summed E-state index contributed by atoms with van der Waals surface area (Å²) in [4.78, 5) is 23.8. The first-order valence-electron chi connectivity index (χ1n) is 9.78. The van der Waals surface area contributed by atoms with Crippen molar-refractivity contribution in [3.8, 4) is 17.1 Å². The molecule has 1 aromatic carbocycles. The zero-order valence-electron chi connectivity index (χ0n) is 16.5. The average molecular weight is 458 g/mol. The number of carbonyl (C=O) groups is 1. The van der Waals surface area contributed by atoms with E-state index in [1.165, 1.54) is 19.3 Å². The van der Waals surface area contributed by atoms with Crippen LogP contribution in [0.5, 0.6) is 5.75 Å². The number of amides is 1. The normalized spacial score (nSPS) is 18.7. The summed E-state index contributed by atoms with van der Waals surface area (Å²) < 4.78 is 6.38. The first-order valence-corrected chi connectivity index (χ1v) is 10.6. The number of imidazole rings is 1. The van der Waals surface area contributed by atoms with Gasteiger partial charge in [-0.3, -0.25) is 4.79 Å². The number of anilines is 1. The van der Waals surface area contributed by atoms with Crippen LogP contribution in [-0.4, -0.2) is 40.6 Å². The van der Waals surface area contributed by atoms with Crippen molar-refractivity contribution < 1.29 is 9.53 Å². The van der Waals surface area contributed by atoms with Gasteiger partial charge in [-0.05, 0) is 65.4 Å². The van der Waals surface area contributed by atoms with Gasteiger partial charge >= 0.3 is 0 Å². The number of ether oxygens (including phenoxy) is 1. The molecule has 2 atom stereocenters. The number of benzene rings is 1. The highest BCUT2D eigenvalue weighted by Crippen LogP contribution is 2.34. The highest BCUT2D eigenvalue weighted by Gasteiger charge is 2.23. The molecule has 1 saturated carbocycles. The molecule has 1 aliphatic rings. The molecule has 2 heterocycles. The van der Waals surface area contributed by atoms with Crippen molar-refractivity contribution in [2.75, 3.05) is 19.0 Å². The van der Waals surface area contributed by atoms with Crippen molar-refractivity contribution in [2.24, 2.45) is 5.92 Å². The summed E-state index contributed by atoms with van der Waals surface area (Å²) >= 11 is 3.63. The number of pyridine rings is 1. The van der Waals surface area contributed by atoms with Gasteiger partial charge in [-0.25, -0.2) is 9.97 Å². The first kappa shape index (κ1) is 19.7. The first-order chi connectivity index (χ1) is 14.0. The lowest BCUT2D eigenvalue weighted by atomic mass is 10.1. The lowest BCUT2D eigenvalue weighted by Gasteiger charge is -2.15. The molecule has 0 saturated heterocycles. The second-order valence-corrected chi connectivity index (χ2v) is 8.37. The van der Waals surface area contributed by atoms with Gasteiger partial charge in [0.2, 0.25) is 0 Å². The number of nitrogens with zero attached hydrogens (tertiary/aromatic N) is 2. The molecule has 3 aromatic rings. The van der Waals surface area contributed by atoms with Gasteiger partial charge in [-0.2, -0.15) is 0 Å². The minimum absolute atomic E-state index is 0.00670. The van der Waals surface area contributed by atoms with Crippen molar-refractivity contribution in [1.29, 1.82) is 0 Å². The number of likely N-dealkylation sites (N-methyl/N-ethyl adjacent to an activating group) is 1. The number of aromatic nitrogens is 3. The quantitative estimate of drug-likeness (QED) is 0.517.